The van der Waals surface area contributed by atoms with Gasteiger partial charge in [0, 0.05) is 19.5 Å². The van der Waals surface area contributed by atoms with Gasteiger partial charge in [-0.2, -0.15) is 0 Å². The zero-order valence-corrected chi connectivity index (χ0v) is 14.9. The molecule has 0 bridgehead atoms. The van der Waals surface area contributed by atoms with Crippen LogP contribution in [0.25, 0.3) is 10.2 Å². The molecule has 0 saturated carbocycles. The molecule has 0 spiro atoms. The Balaban J connectivity index is 1.63. The smallest absolute Gasteiger partial charge is 0.225 e. The summed E-state index contributed by atoms with van der Waals surface area (Å²) in [5, 5.41) is 3.11. The summed E-state index contributed by atoms with van der Waals surface area (Å²) < 4.78 is 1.13. The van der Waals surface area contributed by atoms with E-state index in [2.05, 4.69) is 16.4 Å². The van der Waals surface area contributed by atoms with Crippen molar-refractivity contribution < 1.29 is 9.59 Å². The van der Waals surface area contributed by atoms with E-state index in [9.17, 15) is 9.59 Å². The lowest BCUT2D eigenvalue weighted by Crippen LogP contribution is -2.45. The van der Waals surface area contributed by atoms with E-state index in [1.807, 2.05) is 36.4 Å². The highest BCUT2D eigenvalue weighted by Crippen LogP contribution is 2.24. The molecule has 1 aromatic heterocycles. The Morgan fingerprint density at radius 3 is 3.08 bits per heavy atom. The van der Waals surface area contributed by atoms with Gasteiger partial charge in [0.1, 0.15) is 0 Å². The van der Waals surface area contributed by atoms with Crippen molar-refractivity contribution in [2.45, 2.75) is 39.2 Å². The molecule has 6 heteroatoms. The Hall–Kier alpha value is -1.95. The van der Waals surface area contributed by atoms with Crippen LogP contribution in [0.2, 0.25) is 0 Å². The van der Waals surface area contributed by atoms with Crippen molar-refractivity contribution >= 4 is 33.4 Å². The van der Waals surface area contributed by atoms with Crippen molar-refractivity contribution in [3.63, 3.8) is 0 Å². The Labute approximate surface area is 146 Å². The average Bonchev–Trinajstić information content (AvgIpc) is 3.08. The summed E-state index contributed by atoms with van der Waals surface area (Å²) in [7, 11) is 0. The van der Waals surface area contributed by atoms with Crippen LogP contribution in [0.3, 0.4) is 0 Å². The van der Waals surface area contributed by atoms with Gasteiger partial charge in [0.25, 0.3) is 0 Å². The highest BCUT2D eigenvalue weighted by molar-refractivity contribution is 7.16. The number of rotatable bonds is 4. The standard InChI is InChI=1S/C18H23N3O2S/c1-3-17(22)21-8-4-5-14(10-21)18(23)20-12(2)13-6-7-15-16(9-13)24-11-19-15/h6-7,9,11-12,14H,3-5,8,10H2,1-2H3,(H,20,23)/t12-,14+/m0/s1. The number of hydrogen-bond acceptors (Lipinski definition) is 4. The van der Waals surface area contributed by atoms with E-state index in [4.69, 9.17) is 0 Å². The molecule has 2 atom stereocenters. The number of amides is 2. The maximum Gasteiger partial charge on any atom is 0.225 e. The molecule has 1 aromatic carbocycles. The van der Waals surface area contributed by atoms with E-state index < -0.39 is 0 Å². The number of fused-ring (bicyclic) bond motifs is 1. The second kappa shape index (κ2) is 7.30. The van der Waals surface area contributed by atoms with Crippen LogP contribution in [0, 0.1) is 5.92 Å². The molecule has 0 radical (unpaired) electrons. The number of thiazole rings is 1. The Bertz CT molecular complexity index is 743. The molecule has 128 valence electrons. The molecule has 1 aliphatic rings. The van der Waals surface area contributed by atoms with Crippen LogP contribution in [-0.2, 0) is 9.59 Å². The number of likely N-dealkylation sites (tertiary alicyclic amines) is 1. The second-order valence-electron chi connectivity index (χ2n) is 6.34. The normalized spacial score (nSPS) is 19.2. The van der Waals surface area contributed by atoms with Crippen LogP contribution in [-0.4, -0.2) is 34.8 Å². The number of hydrogen-bond donors (Lipinski definition) is 1. The summed E-state index contributed by atoms with van der Waals surface area (Å²) in [5.74, 6) is 0.0699. The van der Waals surface area contributed by atoms with Gasteiger partial charge in [-0.15, -0.1) is 11.3 Å². The van der Waals surface area contributed by atoms with Gasteiger partial charge < -0.3 is 10.2 Å². The van der Waals surface area contributed by atoms with Crippen molar-refractivity contribution in [2.24, 2.45) is 5.92 Å². The first-order valence-corrected chi connectivity index (χ1v) is 9.37. The predicted octanol–water partition coefficient (Wildman–Crippen LogP) is 3.12. The Kier molecular flexibility index (Phi) is 5.14. The van der Waals surface area contributed by atoms with Crippen LogP contribution < -0.4 is 5.32 Å². The first-order chi connectivity index (χ1) is 11.6. The molecular formula is C18H23N3O2S. The average molecular weight is 345 g/mol. The van der Waals surface area contributed by atoms with Crippen molar-refractivity contribution in [3.8, 4) is 0 Å². The fourth-order valence-corrected chi connectivity index (χ4v) is 3.92. The predicted molar refractivity (Wildman–Crippen MR) is 95.8 cm³/mol. The minimum absolute atomic E-state index is 0.0421. The van der Waals surface area contributed by atoms with Gasteiger partial charge in [0.2, 0.25) is 11.8 Å². The lowest BCUT2D eigenvalue weighted by molar-refractivity contribution is -0.135. The fraction of sp³-hybridized carbons (Fsp3) is 0.500. The van der Waals surface area contributed by atoms with Crippen LogP contribution in [0.15, 0.2) is 23.7 Å². The van der Waals surface area contributed by atoms with Gasteiger partial charge in [0.15, 0.2) is 0 Å². The molecule has 24 heavy (non-hydrogen) atoms. The Morgan fingerprint density at radius 2 is 2.29 bits per heavy atom. The van der Waals surface area contributed by atoms with Gasteiger partial charge in [-0.25, -0.2) is 4.98 Å². The highest BCUT2D eigenvalue weighted by Gasteiger charge is 2.28. The van der Waals surface area contributed by atoms with E-state index >= 15 is 0 Å². The van der Waals surface area contributed by atoms with E-state index in [0.717, 1.165) is 35.2 Å². The SMILES string of the molecule is CCC(=O)N1CCC[C@@H](C(=O)N[C@@H](C)c2ccc3ncsc3c2)C1. The molecule has 2 aromatic rings. The second-order valence-corrected chi connectivity index (χ2v) is 7.23. The third-order valence-corrected chi connectivity index (χ3v) is 5.45. The lowest BCUT2D eigenvalue weighted by atomic mass is 9.96. The van der Waals surface area contributed by atoms with E-state index in [0.29, 0.717) is 13.0 Å². The first-order valence-electron chi connectivity index (χ1n) is 8.49. The minimum atomic E-state index is -0.108. The zero-order valence-electron chi connectivity index (χ0n) is 14.1. The van der Waals surface area contributed by atoms with E-state index in [1.54, 1.807) is 11.3 Å². The monoisotopic (exact) mass is 345 g/mol. The largest absolute Gasteiger partial charge is 0.349 e. The highest BCUT2D eigenvalue weighted by atomic mass is 32.1. The van der Waals surface area contributed by atoms with Crippen LogP contribution in [0.1, 0.15) is 44.7 Å². The van der Waals surface area contributed by atoms with E-state index in [1.165, 1.54) is 0 Å². The molecule has 1 fully saturated rings. The number of benzene rings is 1. The summed E-state index contributed by atoms with van der Waals surface area (Å²) in [5.41, 5.74) is 3.90. The quantitative estimate of drug-likeness (QED) is 0.926. The van der Waals surface area contributed by atoms with Crippen molar-refractivity contribution in [2.75, 3.05) is 13.1 Å². The number of nitrogens with zero attached hydrogens (tertiary/aromatic N) is 2. The third-order valence-electron chi connectivity index (χ3n) is 4.66. The van der Waals surface area contributed by atoms with Crippen molar-refractivity contribution in [1.82, 2.24) is 15.2 Å². The molecule has 5 nitrogen and oxygen atoms in total. The van der Waals surface area contributed by atoms with Crippen molar-refractivity contribution in [3.05, 3.63) is 29.3 Å². The number of carbonyl (C=O) groups excluding carboxylic acids is 2. The minimum Gasteiger partial charge on any atom is -0.349 e. The van der Waals surface area contributed by atoms with Gasteiger partial charge in [-0.1, -0.05) is 13.0 Å². The van der Waals surface area contributed by atoms with Crippen LogP contribution >= 0.6 is 11.3 Å². The molecule has 0 unspecified atom stereocenters. The maximum absolute atomic E-state index is 12.6. The molecule has 2 heterocycles. The van der Waals surface area contributed by atoms with E-state index in [-0.39, 0.29) is 23.8 Å². The summed E-state index contributed by atoms with van der Waals surface area (Å²) in [4.78, 5) is 30.6. The number of aromatic nitrogens is 1. The van der Waals surface area contributed by atoms with Crippen LogP contribution in [0.4, 0.5) is 0 Å². The molecule has 2 amide bonds. The summed E-state index contributed by atoms with van der Waals surface area (Å²) in [6.07, 6.45) is 2.24. The van der Waals surface area contributed by atoms with Gasteiger partial charge in [-0.3, -0.25) is 9.59 Å². The first kappa shape index (κ1) is 16.9. The molecule has 0 aliphatic carbocycles. The fourth-order valence-electron chi connectivity index (χ4n) is 3.20. The Morgan fingerprint density at radius 1 is 1.46 bits per heavy atom. The van der Waals surface area contributed by atoms with Gasteiger partial charge in [-0.05, 0) is 37.5 Å². The molecule has 1 saturated heterocycles. The number of piperidine rings is 1. The number of carbonyl (C=O) groups is 2. The van der Waals surface area contributed by atoms with Gasteiger partial charge in [0.05, 0.1) is 27.7 Å². The summed E-state index contributed by atoms with van der Waals surface area (Å²) >= 11 is 1.60. The molecular weight excluding hydrogens is 322 g/mol. The molecule has 3 rings (SSSR count). The number of nitrogens with one attached hydrogen (secondary N) is 1. The van der Waals surface area contributed by atoms with Crippen LogP contribution in [0.5, 0.6) is 0 Å². The summed E-state index contributed by atoms with van der Waals surface area (Å²) in [6, 6.07) is 6.04. The van der Waals surface area contributed by atoms with Crippen molar-refractivity contribution in [1.29, 1.82) is 0 Å². The third kappa shape index (κ3) is 3.59. The van der Waals surface area contributed by atoms with Gasteiger partial charge >= 0.3 is 0 Å². The lowest BCUT2D eigenvalue weighted by Gasteiger charge is -2.32. The maximum atomic E-state index is 12.6. The zero-order chi connectivity index (χ0) is 17.1. The topological polar surface area (TPSA) is 62.3 Å². The summed E-state index contributed by atoms with van der Waals surface area (Å²) in [6.45, 7) is 5.18. The molecule has 1 aliphatic heterocycles. The molecule has 1 N–H and O–H groups in total.